The summed E-state index contributed by atoms with van der Waals surface area (Å²) in [6.07, 6.45) is -0.974. The Hall–Kier alpha value is -8.53. The minimum atomic E-state index is -2.14. The number of nitrogens with one attached hydrogen (secondary N) is 1. The number of fused-ring (bicyclic) bond motifs is 4. The second kappa shape index (κ2) is 23.9. The van der Waals surface area contributed by atoms with Gasteiger partial charge in [-0.25, -0.2) is 14.5 Å². The van der Waals surface area contributed by atoms with Crippen molar-refractivity contribution in [1.82, 2.24) is 24.9 Å². The Balaban J connectivity index is 1.12. The molecule has 4 amide bonds. The predicted molar refractivity (Wildman–Crippen MR) is 304 cm³/mol. The number of urea groups is 1. The lowest BCUT2D eigenvalue weighted by atomic mass is 9.64. The van der Waals surface area contributed by atoms with Crippen molar-refractivity contribution in [2.45, 2.75) is 62.6 Å². The molecule has 5 heterocycles. The smallest absolute Gasteiger partial charge is 0.329 e. The molecule has 1 spiro atoms. The topological polar surface area (TPSA) is 180 Å². The van der Waals surface area contributed by atoms with Crippen LogP contribution >= 0.6 is 0 Å². The molecule has 0 saturated carbocycles. The number of piperazine rings is 1. The highest BCUT2D eigenvalue weighted by molar-refractivity contribution is 6.25. The summed E-state index contributed by atoms with van der Waals surface area (Å²) in [7, 11) is 3.20. The Labute approximate surface area is 477 Å². The van der Waals surface area contributed by atoms with Gasteiger partial charge in [0.2, 0.25) is 18.6 Å². The van der Waals surface area contributed by atoms with Gasteiger partial charge in [0, 0.05) is 50.4 Å². The number of amides is 4. The van der Waals surface area contributed by atoms with Crippen LogP contribution in [-0.2, 0) is 47.2 Å². The van der Waals surface area contributed by atoms with Gasteiger partial charge < -0.3 is 39.0 Å². The number of hydrogen-bond donors (Lipinski definition) is 2. The number of nitrogens with zero attached hydrogens (tertiary/aromatic N) is 5. The van der Waals surface area contributed by atoms with Gasteiger partial charge in [-0.05, 0) is 77.2 Å². The average molecular weight is 1110 g/mol. The highest BCUT2D eigenvalue weighted by Crippen LogP contribution is 2.67. The van der Waals surface area contributed by atoms with Gasteiger partial charge in [-0.15, -0.1) is 0 Å². The molecule has 422 valence electrons. The number of carbonyl (C=O) groups excluding carboxylic acids is 5. The number of aliphatic hydroxyl groups is 1. The second-order valence-electron chi connectivity index (χ2n) is 21.7. The number of esters is 2. The number of rotatable bonds is 15. The molecule has 82 heavy (non-hydrogen) atoms. The zero-order valence-electron chi connectivity index (χ0n) is 46.3. The minimum Gasteiger partial charge on any atom is -0.491 e. The summed E-state index contributed by atoms with van der Waals surface area (Å²) < 4.78 is 29.6. The summed E-state index contributed by atoms with van der Waals surface area (Å²) in [5.41, 5.74) is 2.68. The summed E-state index contributed by atoms with van der Waals surface area (Å²) in [5.74, 6) is 3.50. The fourth-order valence-corrected chi connectivity index (χ4v) is 12.6. The van der Waals surface area contributed by atoms with Gasteiger partial charge in [-0.1, -0.05) is 141 Å². The number of methoxy groups -OCH3 is 1. The number of imide groups is 1. The average Bonchev–Trinajstić information content (AvgIpc) is 1.61. The fourth-order valence-electron chi connectivity index (χ4n) is 12.6. The number of ether oxygens (including phenoxy) is 5. The summed E-state index contributed by atoms with van der Waals surface area (Å²) in [4.78, 5) is 87.6. The van der Waals surface area contributed by atoms with Crippen molar-refractivity contribution in [2.24, 2.45) is 11.8 Å². The van der Waals surface area contributed by atoms with Gasteiger partial charge in [0.1, 0.15) is 36.0 Å². The van der Waals surface area contributed by atoms with Crippen molar-refractivity contribution in [3.8, 4) is 29.1 Å². The summed E-state index contributed by atoms with van der Waals surface area (Å²) in [5, 5.41) is 13.1. The van der Waals surface area contributed by atoms with Crippen molar-refractivity contribution in [1.29, 1.82) is 0 Å². The SMILES string of the molecule is COC(=O)[C@@H](NC(=O)N1C(=O)[C@@]2(c3cc(C#CCN(C)Cc4ccccc4)ccc31)[C@H](C(=O)N1CCN(Cc3ccc4c(c3)OCO4)CC1)[C@H]1C(=O)O[C@H](c3ccccc3)[C@H](c3ccccc3)N1[C@@H]2c1ccccc1OCCO)C(C)C. The fraction of sp³-hybridized carbons (Fsp3) is 0.338. The third-order valence-electron chi connectivity index (χ3n) is 16.3. The Kier molecular flexibility index (Phi) is 16.1. The number of benzene rings is 6. The lowest BCUT2D eigenvalue weighted by molar-refractivity contribution is -0.179. The molecule has 3 fully saturated rings. The van der Waals surface area contributed by atoms with E-state index in [1.165, 1.54) is 7.11 Å². The first-order chi connectivity index (χ1) is 39.9. The van der Waals surface area contributed by atoms with Gasteiger partial charge in [-0.3, -0.25) is 29.1 Å². The molecule has 7 atom stereocenters. The van der Waals surface area contributed by atoms with E-state index in [0.717, 1.165) is 21.6 Å². The molecule has 0 radical (unpaired) electrons. The van der Waals surface area contributed by atoms with Crippen LogP contribution in [0.2, 0.25) is 0 Å². The number of aliphatic hydroxyl groups excluding tert-OH is 1. The molecule has 5 aliphatic heterocycles. The standard InChI is InChI=1S/C65H66N6O11/c1-42(2)55(61(74)78-4)66-64(77)70-50-28-26-43(19-16-30-67(3)39-44-17-8-5-9-18-44)37-49(50)65(63(70)76)54(60(73)69-33-31-68(32-34-69)40-45-27-29-52-53(38-45)81-41-80-52)57-62(75)82-58(47-22-12-7-13-23-47)56(46-20-10-6-11-21-46)71(57)59(65)48-24-14-15-25-51(48)79-36-35-72/h5-15,17-18,20-29,37-38,42,54-59,72H,30-36,39-41H2,1-4H3,(H,66,77)/t54-,55-,56-,57-,58+,59+,65-/m0/s1. The highest BCUT2D eigenvalue weighted by atomic mass is 16.7. The molecule has 5 aliphatic rings. The Morgan fingerprint density at radius 2 is 1.48 bits per heavy atom. The van der Waals surface area contributed by atoms with E-state index in [0.29, 0.717) is 60.9 Å². The van der Waals surface area contributed by atoms with Crippen LogP contribution in [0.5, 0.6) is 17.2 Å². The van der Waals surface area contributed by atoms with Gasteiger partial charge in [-0.2, -0.15) is 0 Å². The van der Waals surface area contributed by atoms with Gasteiger partial charge >= 0.3 is 18.0 Å². The first-order valence-electron chi connectivity index (χ1n) is 27.8. The first-order valence-corrected chi connectivity index (χ1v) is 27.8. The number of cyclic esters (lactones) is 1. The Morgan fingerprint density at radius 1 is 0.793 bits per heavy atom. The molecule has 3 saturated heterocycles. The molecule has 6 aromatic rings. The van der Waals surface area contributed by atoms with E-state index in [-0.39, 0.29) is 50.1 Å². The molecule has 0 aliphatic carbocycles. The second-order valence-corrected chi connectivity index (χ2v) is 21.7. The number of carbonyl (C=O) groups is 5. The van der Waals surface area contributed by atoms with Gasteiger partial charge in [0.25, 0.3) is 0 Å². The van der Waals surface area contributed by atoms with Gasteiger partial charge in [0.15, 0.2) is 11.5 Å². The zero-order chi connectivity index (χ0) is 57.1. The molecule has 0 unspecified atom stereocenters. The molecule has 2 N–H and O–H groups in total. The van der Waals surface area contributed by atoms with Crippen LogP contribution in [0.4, 0.5) is 10.5 Å². The van der Waals surface area contributed by atoms with E-state index in [4.69, 9.17) is 23.7 Å². The Bertz CT molecular complexity index is 3400. The van der Waals surface area contributed by atoms with E-state index in [9.17, 15) is 9.90 Å². The molecule has 0 bridgehead atoms. The molecule has 17 heteroatoms. The van der Waals surface area contributed by atoms with E-state index < -0.39 is 77.3 Å². The van der Waals surface area contributed by atoms with Crippen molar-refractivity contribution >= 4 is 35.5 Å². The van der Waals surface area contributed by atoms with Crippen LogP contribution in [0.3, 0.4) is 0 Å². The number of morpholine rings is 1. The van der Waals surface area contributed by atoms with E-state index >= 15 is 19.2 Å². The van der Waals surface area contributed by atoms with Crippen molar-refractivity contribution in [3.63, 3.8) is 0 Å². The third-order valence-corrected chi connectivity index (χ3v) is 16.3. The van der Waals surface area contributed by atoms with Crippen LogP contribution < -0.4 is 24.4 Å². The maximum Gasteiger partial charge on any atom is 0.329 e. The maximum absolute atomic E-state index is 17.1. The van der Waals surface area contributed by atoms with Crippen molar-refractivity contribution < 1.29 is 52.8 Å². The molecule has 0 aromatic heterocycles. The normalized spacial score (nSPS) is 22.3. The monoisotopic (exact) mass is 1110 g/mol. The number of hydrogen-bond acceptors (Lipinski definition) is 14. The molecule has 17 nitrogen and oxygen atoms in total. The highest BCUT2D eigenvalue weighted by Gasteiger charge is 2.76. The van der Waals surface area contributed by atoms with E-state index in [1.54, 1.807) is 55.1 Å². The van der Waals surface area contributed by atoms with Gasteiger partial charge in [0.05, 0.1) is 44.0 Å². The lowest BCUT2D eigenvalue weighted by Crippen LogP contribution is -2.59. The molecular weight excluding hydrogens is 1040 g/mol. The summed E-state index contributed by atoms with van der Waals surface area (Å²) in [6, 6.07) is 41.4. The molecule has 6 aromatic carbocycles. The van der Waals surface area contributed by atoms with Crippen molar-refractivity contribution in [2.75, 3.05) is 71.8 Å². The van der Waals surface area contributed by atoms with Crippen LogP contribution in [0.1, 0.15) is 71.0 Å². The van der Waals surface area contributed by atoms with Crippen LogP contribution in [-0.4, -0.2) is 133 Å². The lowest BCUT2D eigenvalue weighted by Gasteiger charge is -2.46. The molecule has 11 rings (SSSR count). The maximum atomic E-state index is 17.1. The number of anilines is 1. The zero-order valence-corrected chi connectivity index (χ0v) is 46.3. The minimum absolute atomic E-state index is 0.127. The van der Waals surface area contributed by atoms with Crippen LogP contribution in [0, 0.1) is 23.7 Å². The largest absolute Gasteiger partial charge is 0.491 e. The predicted octanol–water partition coefficient (Wildman–Crippen LogP) is 7.19. The number of para-hydroxylation sites is 1. The van der Waals surface area contributed by atoms with E-state index in [1.807, 2.05) is 115 Å². The molecular formula is C65H66N6O11. The third kappa shape index (κ3) is 10.4. The van der Waals surface area contributed by atoms with E-state index in [2.05, 4.69) is 39.1 Å². The summed E-state index contributed by atoms with van der Waals surface area (Å²) in [6.45, 7) is 6.12. The van der Waals surface area contributed by atoms with Crippen LogP contribution in [0.15, 0.2) is 152 Å². The van der Waals surface area contributed by atoms with Crippen LogP contribution in [0.25, 0.3) is 0 Å². The quantitative estimate of drug-likeness (QED) is 0.0780. The Morgan fingerprint density at radius 3 is 2.18 bits per heavy atom. The first kappa shape index (κ1) is 55.4. The summed E-state index contributed by atoms with van der Waals surface area (Å²) >= 11 is 0. The van der Waals surface area contributed by atoms with Crippen molar-refractivity contribution in [3.05, 3.63) is 191 Å².